The monoisotopic (exact) mass is 487 g/mol. The molecule has 2 aromatic rings. The molecule has 0 saturated carbocycles. The third kappa shape index (κ3) is 5.52. The summed E-state index contributed by atoms with van der Waals surface area (Å²) in [6, 6.07) is 6.62. The van der Waals surface area contributed by atoms with Gasteiger partial charge < -0.3 is 14.5 Å². The molecule has 0 aliphatic carbocycles. The number of nitrogens with one attached hydrogen (secondary N) is 1. The first kappa shape index (κ1) is 24.7. The Bertz CT molecular complexity index is 1020. The van der Waals surface area contributed by atoms with Crippen molar-refractivity contribution >= 4 is 28.9 Å². The third-order valence-electron chi connectivity index (χ3n) is 5.15. The van der Waals surface area contributed by atoms with E-state index in [1.165, 1.54) is 0 Å². The van der Waals surface area contributed by atoms with Crippen molar-refractivity contribution in [1.29, 1.82) is 0 Å². The second kappa shape index (κ2) is 10.8. The quantitative estimate of drug-likeness (QED) is 0.215. The predicted octanol–water partition coefficient (Wildman–Crippen LogP) is 4.40. The number of carbonyl (C=O) groups is 1. The number of carbonyl (C=O) groups excluding carboxylic acids is 1. The van der Waals surface area contributed by atoms with Gasteiger partial charge in [0.2, 0.25) is 5.82 Å². The van der Waals surface area contributed by atoms with Crippen molar-refractivity contribution < 1.29 is 31.5 Å². The number of rotatable bonds is 6. The van der Waals surface area contributed by atoms with Crippen LogP contribution in [0.25, 0.3) is 0 Å². The van der Waals surface area contributed by atoms with E-state index < -0.39 is 40.7 Å². The van der Waals surface area contributed by atoms with Gasteiger partial charge in [0.15, 0.2) is 28.4 Å². The molecule has 1 heterocycles. The maximum Gasteiger partial charge on any atom is 0.257 e. The molecule has 0 bridgehead atoms. The summed E-state index contributed by atoms with van der Waals surface area (Å²) in [6.45, 7) is 2.67. The summed E-state index contributed by atoms with van der Waals surface area (Å²) < 4.78 is 74.0. The van der Waals surface area contributed by atoms with Gasteiger partial charge in [0.25, 0.3) is 5.91 Å². The molecule has 0 spiro atoms. The molecule has 5 nitrogen and oxygen atoms in total. The number of benzene rings is 2. The van der Waals surface area contributed by atoms with Gasteiger partial charge in [-0.1, -0.05) is 19.4 Å². The van der Waals surface area contributed by atoms with Gasteiger partial charge in [-0.15, -0.1) is 0 Å². The number of piperazine rings is 1. The number of unbranched alkanes of at least 4 members (excludes halogenated alkanes) is 1. The van der Waals surface area contributed by atoms with Gasteiger partial charge in [0, 0.05) is 31.7 Å². The number of hydrogen-bond donors (Lipinski definition) is 1. The highest BCUT2D eigenvalue weighted by molar-refractivity contribution is 7.80. The fourth-order valence-electron chi connectivity index (χ4n) is 3.31. The molecular formula is C22H22F5N3O2S. The van der Waals surface area contributed by atoms with Gasteiger partial charge in [-0.3, -0.25) is 10.1 Å². The zero-order valence-corrected chi connectivity index (χ0v) is 18.6. The molecule has 0 atom stereocenters. The summed E-state index contributed by atoms with van der Waals surface area (Å²) >= 11 is 5.26. The van der Waals surface area contributed by atoms with E-state index in [2.05, 4.69) is 5.32 Å². The van der Waals surface area contributed by atoms with E-state index in [4.69, 9.17) is 17.0 Å². The van der Waals surface area contributed by atoms with Crippen molar-refractivity contribution in [3.05, 3.63) is 58.9 Å². The van der Waals surface area contributed by atoms with Crippen LogP contribution in [-0.2, 0) is 0 Å². The Hall–Kier alpha value is -2.95. The highest BCUT2D eigenvalue weighted by atomic mass is 32.1. The van der Waals surface area contributed by atoms with E-state index in [0.717, 1.165) is 17.7 Å². The molecule has 1 amide bonds. The van der Waals surface area contributed by atoms with Crippen LogP contribution in [0.4, 0.5) is 27.6 Å². The third-order valence-corrected chi connectivity index (χ3v) is 5.51. The second-order valence-electron chi connectivity index (χ2n) is 7.38. The minimum atomic E-state index is -2.20. The van der Waals surface area contributed by atoms with Crippen LogP contribution in [0.1, 0.15) is 30.1 Å². The number of amides is 1. The van der Waals surface area contributed by atoms with E-state index >= 15 is 0 Å². The van der Waals surface area contributed by atoms with Crippen LogP contribution in [0.2, 0.25) is 0 Å². The molecular weight excluding hydrogens is 465 g/mol. The normalized spacial score (nSPS) is 13.8. The molecule has 11 heteroatoms. The first-order valence-electron chi connectivity index (χ1n) is 10.3. The van der Waals surface area contributed by atoms with E-state index in [-0.39, 0.29) is 31.3 Å². The number of ether oxygens (including phenoxy) is 1. The SMILES string of the molecule is CCCCOc1cccc(C(=O)NC(=S)N2CCN(c3c(F)c(F)c(F)c(F)c3F)CC2)c1. The highest BCUT2D eigenvalue weighted by Gasteiger charge is 2.31. The van der Waals surface area contributed by atoms with Crippen molar-refractivity contribution in [1.82, 2.24) is 10.2 Å². The molecule has 3 rings (SSSR count). The molecule has 2 aromatic carbocycles. The Kier molecular flexibility index (Phi) is 8.06. The molecule has 33 heavy (non-hydrogen) atoms. The molecule has 178 valence electrons. The van der Waals surface area contributed by atoms with Crippen LogP contribution >= 0.6 is 12.2 Å². The van der Waals surface area contributed by atoms with Gasteiger partial charge in [0.1, 0.15) is 11.4 Å². The number of nitrogens with zero attached hydrogens (tertiary/aromatic N) is 2. The molecule has 1 saturated heterocycles. The predicted molar refractivity (Wildman–Crippen MR) is 117 cm³/mol. The Balaban J connectivity index is 1.60. The van der Waals surface area contributed by atoms with Crippen molar-refractivity contribution in [2.24, 2.45) is 0 Å². The van der Waals surface area contributed by atoms with Crippen molar-refractivity contribution in [3.8, 4) is 5.75 Å². The van der Waals surface area contributed by atoms with E-state index in [9.17, 15) is 26.7 Å². The standard InChI is InChI=1S/C22H22F5N3O2S/c1-2-3-11-32-14-6-4-5-13(12-14)21(31)28-22(33)30-9-7-29(8-10-30)20-18(26)16(24)15(23)17(25)19(20)27/h4-6,12H,2-3,7-11H2,1H3,(H,28,31,33). The largest absolute Gasteiger partial charge is 0.494 e. The van der Waals surface area contributed by atoms with Crippen LogP contribution in [0, 0.1) is 29.1 Å². The van der Waals surface area contributed by atoms with Crippen molar-refractivity contribution in [2.75, 3.05) is 37.7 Å². The molecule has 1 fully saturated rings. The second-order valence-corrected chi connectivity index (χ2v) is 7.77. The van der Waals surface area contributed by atoms with E-state index in [0.29, 0.717) is 17.9 Å². The van der Waals surface area contributed by atoms with E-state index in [1.54, 1.807) is 29.2 Å². The molecule has 1 N–H and O–H groups in total. The average Bonchev–Trinajstić information content (AvgIpc) is 2.82. The lowest BCUT2D eigenvalue weighted by molar-refractivity contribution is 0.0972. The summed E-state index contributed by atoms with van der Waals surface area (Å²) in [4.78, 5) is 15.2. The molecule has 1 aliphatic heterocycles. The zero-order valence-electron chi connectivity index (χ0n) is 17.8. The Morgan fingerprint density at radius 1 is 1.00 bits per heavy atom. The minimum Gasteiger partial charge on any atom is -0.494 e. The number of hydrogen-bond acceptors (Lipinski definition) is 4. The van der Waals surface area contributed by atoms with Gasteiger partial charge in [-0.2, -0.15) is 0 Å². The van der Waals surface area contributed by atoms with Gasteiger partial charge in [-0.05, 0) is 36.8 Å². The van der Waals surface area contributed by atoms with Crippen LogP contribution in [0.5, 0.6) is 5.75 Å². The number of anilines is 1. The van der Waals surface area contributed by atoms with E-state index in [1.807, 2.05) is 6.92 Å². The summed E-state index contributed by atoms with van der Waals surface area (Å²) in [5, 5.41) is 2.68. The summed E-state index contributed by atoms with van der Waals surface area (Å²) in [6.07, 6.45) is 1.86. The minimum absolute atomic E-state index is 0.0604. The lowest BCUT2D eigenvalue weighted by Gasteiger charge is -2.37. The maximum absolute atomic E-state index is 14.1. The van der Waals surface area contributed by atoms with Crippen LogP contribution in [0.15, 0.2) is 24.3 Å². The fourth-order valence-corrected chi connectivity index (χ4v) is 3.59. The smallest absolute Gasteiger partial charge is 0.257 e. The fraction of sp³-hybridized carbons (Fsp3) is 0.364. The number of thiocarbonyl (C=S) groups is 1. The average molecular weight is 487 g/mol. The topological polar surface area (TPSA) is 44.8 Å². The van der Waals surface area contributed by atoms with Gasteiger partial charge in [-0.25, -0.2) is 22.0 Å². The first-order valence-corrected chi connectivity index (χ1v) is 10.7. The first-order chi connectivity index (χ1) is 15.7. The Labute approximate surface area is 193 Å². The number of halogens is 5. The Morgan fingerprint density at radius 2 is 1.61 bits per heavy atom. The molecule has 0 radical (unpaired) electrons. The Morgan fingerprint density at radius 3 is 2.21 bits per heavy atom. The molecule has 1 aliphatic rings. The molecule has 0 unspecified atom stereocenters. The van der Waals surface area contributed by atoms with Crippen molar-refractivity contribution in [3.63, 3.8) is 0 Å². The lowest BCUT2D eigenvalue weighted by Crippen LogP contribution is -2.53. The summed E-state index contributed by atoms with van der Waals surface area (Å²) in [7, 11) is 0. The van der Waals surface area contributed by atoms with Crippen LogP contribution < -0.4 is 15.0 Å². The lowest BCUT2D eigenvalue weighted by atomic mass is 10.2. The van der Waals surface area contributed by atoms with Crippen molar-refractivity contribution in [2.45, 2.75) is 19.8 Å². The maximum atomic E-state index is 14.1. The van der Waals surface area contributed by atoms with Crippen LogP contribution in [-0.4, -0.2) is 48.7 Å². The molecule has 0 aromatic heterocycles. The van der Waals surface area contributed by atoms with Crippen LogP contribution in [0.3, 0.4) is 0 Å². The van der Waals surface area contributed by atoms with Gasteiger partial charge in [0.05, 0.1) is 6.61 Å². The summed E-state index contributed by atoms with van der Waals surface area (Å²) in [5.41, 5.74) is -0.632. The summed E-state index contributed by atoms with van der Waals surface area (Å²) in [5.74, 6) is -9.84. The van der Waals surface area contributed by atoms with Gasteiger partial charge >= 0.3 is 0 Å². The highest BCUT2D eigenvalue weighted by Crippen LogP contribution is 2.30. The zero-order chi connectivity index (χ0) is 24.1.